The van der Waals surface area contributed by atoms with Crippen molar-refractivity contribution in [2.45, 2.75) is 18.2 Å². The van der Waals surface area contributed by atoms with Crippen LogP contribution in [0.3, 0.4) is 0 Å². The third-order valence-corrected chi connectivity index (χ3v) is 6.39. The van der Waals surface area contributed by atoms with E-state index < -0.39 is 21.9 Å². The van der Waals surface area contributed by atoms with E-state index in [1.165, 1.54) is 53.4 Å². The molecule has 0 aliphatic rings. The highest BCUT2D eigenvalue weighted by atomic mass is 35.5. The molecule has 0 fully saturated rings. The van der Waals surface area contributed by atoms with Crippen LogP contribution >= 0.6 is 11.6 Å². The number of urea groups is 1. The third-order valence-electron chi connectivity index (χ3n) is 4.66. The number of anilines is 2. The molecular weight excluding hydrogens is 453 g/mol. The van der Waals surface area contributed by atoms with E-state index in [-0.39, 0.29) is 18.0 Å². The molecule has 2 amide bonds. The number of rotatable bonds is 8. The second kappa shape index (κ2) is 10.6. The first-order valence-electron chi connectivity index (χ1n) is 9.90. The second-order valence-electron chi connectivity index (χ2n) is 7.13. The monoisotopic (exact) mass is 475 g/mol. The van der Waals surface area contributed by atoms with Crippen LogP contribution in [0.5, 0.6) is 0 Å². The molecule has 0 atom stereocenters. The lowest BCUT2D eigenvalue weighted by atomic mass is 10.2. The molecule has 3 aromatic carbocycles. The van der Waals surface area contributed by atoms with Gasteiger partial charge >= 0.3 is 6.03 Å². The van der Waals surface area contributed by atoms with Gasteiger partial charge in [-0.15, -0.1) is 0 Å². The lowest BCUT2D eigenvalue weighted by molar-refractivity contribution is 0.257. The zero-order chi connectivity index (χ0) is 23.1. The molecule has 0 aromatic heterocycles. The summed E-state index contributed by atoms with van der Waals surface area (Å²) in [5, 5.41) is 3.26. The Balaban J connectivity index is 1.66. The zero-order valence-corrected chi connectivity index (χ0v) is 19.0. The van der Waals surface area contributed by atoms with Crippen LogP contribution in [0.15, 0.2) is 77.7 Å². The lowest BCUT2D eigenvalue weighted by Gasteiger charge is -2.23. The first kappa shape index (κ1) is 23.7. The van der Waals surface area contributed by atoms with Crippen molar-refractivity contribution in [1.29, 1.82) is 0 Å². The topological polar surface area (TPSA) is 78.5 Å². The normalized spacial score (nSPS) is 11.2. The van der Waals surface area contributed by atoms with Crippen LogP contribution in [0.2, 0.25) is 5.02 Å². The van der Waals surface area contributed by atoms with Gasteiger partial charge < -0.3 is 5.32 Å². The molecule has 3 rings (SSSR count). The first-order valence-corrected chi connectivity index (χ1v) is 11.8. The van der Waals surface area contributed by atoms with Crippen molar-refractivity contribution in [2.75, 3.05) is 23.3 Å². The molecule has 0 unspecified atom stereocenters. The summed E-state index contributed by atoms with van der Waals surface area (Å²) >= 11 is 5.80. The van der Waals surface area contributed by atoms with Crippen LogP contribution < -0.4 is 14.9 Å². The largest absolute Gasteiger partial charge is 0.326 e. The van der Waals surface area contributed by atoms with Crippen LogP contribution in [-0.4, -0.2) is 27.5 Å². The molecule has 2 N–H and O–H groups in total. The van der Waals surface area contributed by atoms with E-state index in [1.54, 1.807) is 12.1 Å². The zero-order valence-electron chi connectivity index (χ0n) is 17.4. The van der Waals surface area contributed by atoms with Crippen LogP contribution in [0.4, 0.5) is 20.6 Å². The van der Waals surface area contributed by atoms with Crippen molar-refractivity contribution in [3.8, 4) is 0 Å². The molecule has 3 aromatic rings. The number of carbonyl (C=O) groups is 1. The van der Waals surface area contributed by atoms with Crippen molar-refractivity contribution < 1.29 is 17.6 Å². The maximum Gasteiger partial charge on any atom is 0.326 e. The summed E-state index contributed by atoms with van der Waals surface area (Å²) in [6.45, 7) is 2.27. The predicted molar refractivity (Wildman–Crippen MR) is 125 cm³/mol. The van der Waals surface area contributed by atoms with E-state index >= 15 is 0 Å². The fourth-order valence-electron chi connectivity index (χ4n) is 2.94. The Morgan fingerprint density at radius 3 is 2.22 bits per heavy atom. The van der Waals surface area contributed by atoms with Gasteiger partial charge in [0, 0.05) is 29.5 Å². The van der Waals surface area contributed by atoms with E-state index in [2.05, 4.69) is 10.0 Å². The van der Waals surface area contributed by atoms with Crippen molar-refractivity contribution in [2.24, 2.45) is 0 Å². The molecule has 0 spiro atoms. The Bertz CT molecular complexity index is 1150. The third kappa shape index (κ3) is 6.53. The summed E-state index contributed by atoms with van der Waals surface area (Å²) in [5.41, 5.74) is 2.18. The Kier molecular flexibility index (Phi) is 7.84. The molecule has 0 aliphatic heterocycles. The fraction of sp³-hybridized carbons (Fsp3) is 0.174. The maximum absolute atomic E-state index is 13.4. The van der Waals surface area contributed by atoms with Gasteiger partial charge in [0.05, 0.1) is 4.90 Å². The van der Waals surface area contributed by atoms with Gasteiger partial charge in [-0.2, -0.15) is 0 Å². The second-order valence-corrected chi connectivity index (χ2v) is 9.33. The van der Waals surface area contributed by atoms with Gasteiger partial charge in [0.25, 0.3) is 0 Å². The first-order chi connectivity index (χ1) is 15.2. The van der Waals surface area contributed by atoms with Crippen LogP contribution in [0.1, 0.15) is 12.0 Å². The van der Waals surface area contributed by atoms with Gasteiger partial charge in [0.1, 0.15) is 5.82 Å². The van der Waals surface area contributed by atoms with Crippen molar-refractivity contribution >= 4 is 39.0 Å². The number of sulfonamides is 1. The Hall–Kier alpha value is -2.94. The van der Waals surface area contributed by atoms with E-state index in [1.807, 2.05) is 19.1 Å². The van der Waals surface area contributed by atoms with E-state index in [0.29, 0.717) is 22.8 Å². The molecule has 9 heteroatoms. The molecule has 168 valence electrons. The number of halogens is 2. The molecule has 0 saturated carbocycles. The molecule has 0 radical (unpaired) electrons. The molecular formula is C23H23ClFN3O3S. The highest BCUT2D eigenvalue weighted by Gasteiger charge is 2.17. The quantitative estimate of drug-likeness (QED) is 0.440. The molecule has 0 aliphatic carbocycles. The Morgan fingerprint density at radius 2 is 1.59 bits per heavy atom. The summed E-state index contributed by atoms with van der Waals surface area (Å²) in [6.07, 6.45) is 0.339. The van der Waals surface area contributed by atoms with Crippen LogP contribution in [-0.2, 0) is 10.0 Å². The van der Waals surface area contributed by atoms with Crippen LogP contribution in [0.25, 0.3) is 0 Å². The summed E-state index contributed by atoms with van der Waals surface area (Å²) in [6, 6.07) is 18.3. The minimum atomic E-state index is -3.70. The van der Waals surface area contributed by atoms with Gasteiger partial charge in [-0.25, -0.2) is 22.3 Å². The van der Waals surface area contributed by atoms with Crippen molar-refractivity contribution in [3.63, 3.8) is 0 Å². The van der Waals surface area contributed by atoms with Crippen molar-refractivity contribution in [1.82, 2.24) is 4.72 Å². The van der Waals surface area contributed by atoms with Gasteiger partial charge in [-0.05, 0) is 74.0 Å². The number of amides is 2. The van der Waals surface area contributed by atoms with E-state index in [0.717, 1.165) is 5.56 Å². The SMILES string of the molecule is Cc1ccc(NC(=O)N(CCCNS(=O)(=O)c2ccc(Cl)cc2)c2ccc(F)cc2)cc1. The highest BCUT2D eigenvalue weighted by molar-refractivity contribution is 7.89. The minimum Gasteiger partial charge on any atom is -0.308 e. The number of hydrogen-bond acceptors (Lipinski definition) is 3. The summed E-state index contributed by atoms with van der Waals surface area (Å²) in [5.74, 6) is -0.414. The lowest BCUT2D eigenvalue weighted by Crippen LogP contribution is -2.37. The molecule has 0 heterocycles. The summed E-state index contributed by atoms with van der Waals surface area (Å²) in [4.78, 5) is 14.4. The number of carbonyl (C=O) groups excluding carboxylic acids is 1. The standard InChI is InChI=1S/C23H23ClFN3O3S/c1-17-3-9-20(10-4-17)27-23(29)28(21-11-7-19(25)8-12-21)16-2-15-26-32(30,31)22-13-5-18(24)6-14-22/h3-14,26H,2,15-16H2,1H3,(H,27,29). The minimum absolute atomic E-state index is 0.106. The average molecular weight is 476 g/mol. The predicted octanol–water partition coefficient (Wildman–Crippen LogP) is 5.19. The van der Waals surface area contributed by atoms with Crippen LogP contribution in [0, 0.1) is 12.7 Å². The summed E-state index contributed by atoms with van der Waals surface area (Å²) in [7, 11) is -3.70. The number of nitrogens with one attached hydrogen (secondary N) is 2. The van der Waals surface area contributed by atoms with Gasteiger partial charge in [0.2, 0.25) is 10.0 Å². The highest BCUT2D eigenvalue weighted by Crippen LogP contribution is 2.18. The Labute approximate surface area is 192 Å². The summed E-state index contributed by atoms with van der Waals surface area (Å²) < 4.78 is 40.7. The number of hydrogen-bond donors (Lipinski definition) is 2. The maximum atomic E-state index is 13.4. The average Bonchev–Trinajstić information content (AvgIpc) is 2.76. The van der Waals surface area contributed by atoms with Crippen molar-refractivity contribution in [3.05, 3.63) is 89.2 Å². The Morgan fingerprint density at radius 1 is 0.969 bits per heavy atom. The molecule has 0 bridgehead atoms. The van der Waals surface area contributed by atoms with E-state index in [4.69, 9.17) is 11.6 Å². The number of aryl methyl sites for hydroxylation is 1. The number of benzene rings is 3. The van der Waals surface area contributed by atoms with E-state index in [9.17, 15) is 17.6 Å². The number of nitrogens with zero attached hydrogens (tertiary/aromatic N) is 1. The molecule has 0 saturated heterocycles. The van der Waals surface area contributed by atoms with Gasteiger partial charge in [-0.1, -0.05) is 29.3 Å². The smallest absolute Gasteiger partial charge is 0.308 e. The van der Waals surface area contributed by atoms with Gasteiger partial charge in [-0.3, -0.25) is 4.90 Å². The van der Waals surface area contributed by atoms with Gasteiger partial charge in [0.15, 0.2) is 0 Å². The fourth-order valence-corrected chi connectivity index (χ4v) is 4.14. The molecule has 6 nitrogen and oxygen atoms in total. The molecule has 32 heavy (non-hydrogen) atoms.